The Bertz CT molecular complexity index is 1230. The number of likely N-dealkylation sites (tertiary alicyclic amines) is 1. The third-order valence-electron chi connectivity index (χ3n) is 7.46. The predicted octanol–water partition coefficient (Wildman–Crippen LogP) is 4.96. The summed E-state index contributed by atoms with van der Waals surface area (Å²) in [4.78, 5) is 33.0. The van der Waals surface area contributed by atoms with Crippen molar-refractivity contribution in [2.75, 3.05) is 18.4 Å². The van der Waals surface area contributed by atoms with Crippen molar-refractivity contribution in [1.82, 2.24) is 20.4 Å². The molecule has 194 valence electrons. The van der Waals surface area contributed by atoms with Gasteiger partial charge in [-0.15, -0.1) is 0 Å². The average Bonchev–Trinajstić information content (AvgIpc) is 3.38. The number of piperidine rings is 1. The van der Waals surface area contributed by atoms with Crippen LogP contribution in [0.5, 0.6) is 0 Å². The molecule has 1 aliphatic heterocycles. The summed E-state index contributed by atoms with van der Waals surface area (Å²) in [5.74, 6) is 0.774. The van der Waals surface area contributed by atoms with Gasteiger partial charge in [-0.1, -0.05) is 60.8 Å². The number of nitrogens with zero attached hydrogens (tertiary/aromatic N) is 3. The maximum Gasteiger partial charge on any atom is 0.253 e. The molecule has 8 nitrogen and oxygen atoms in total. The summed E-state index contributed by atoms with van der Waals surface area (Å²) in [6, 6.07) is 15.4. The quantitative estimate of drug-likeness (QED) is 0.475. The Kier molecular flexibility index (Phi) is 7.94. The lowest BCUT2D eigenvalue weighted by molar-refractivity contribution is -0.121. The number of nitrogens with one attached hydrogen (secondary N) is 2. The highest BCUT2D eigenvalue weighted by Crippen LogP contribution is 2.24. The van der Waals surface area contributed by atoms with Crippen LogP contribution < -0.4 is 10.6 Å². The Morgan fingerprint density at radius 2 is 1.78 bits per heavy atom. The Hall–Kier alpha value is -3.52. The molecule has 2 N–H and O–H groups in total. The van der Waals surface area contributed by atoms with Crippen LogP contribution >= 0.6 is 0 Å². The zero-order chi connectivity index (χ0) is 25.6. The summed E-state index contributed by atoms with van der Waals surface area (Å²) in [7, 11) is 0. The molecule has 8 heteroatoms. The van der Waals surface area contributed by atoms with Crippen LogP contribution in [-0.2, 0) is 11.3 Å². The van der Waals surface area contributed by atoms with Crippen molar-refractivity contribution in [2.45, 2.75) is 64.5 Å². The van der Waals surface area contributed by atoms with Crippen LogP contribution in [0.25, 0.3) is 11.4 Å². The SMILES string of the molecule is Cc1ccccc1-c1noc(CN2CCCC(C(=O)Nc3ccccc3C(=O)NC3CCCCC3)C2)n1. The van der Waals surface area contributed by atoms with Crippen LogP contribution in [0.3, 0.4) is 0 Å². The van der Waals surface area contributed by atoms with E-state index in [9.17, 15) is 9.59 Å². The molecule has 5 rings (SSSR count). The molecule has 37 heavy (non-hydrogen) atoms. The molecule has 1 aromatic heterocycles. The van der Waals surface area contributed by atoms with Crippen molar-refractivity contribution in [1.29, 1.82) is 0 Å². The molecule has 0 spiro atoms. The first-order valence-corrected chi connectivity index (χ1v) is 13.4. The van der Waals surface area contributed by atoms with Crippen molar-refractivity contribution in [3.8, 4) is 11.4 Å². The number of hydrogen-bond acceptors (Lipinski definition) is 6. The van der Waals surface area contributed by atoms with Crippen molar-refractivity contribution in [2.24, 2.45) is 5.92 Å². The standard InChI is InChI=1S/C29H35N5O3/c1-20-10-5-6-14-23(20)27-32-26(37-33-27)19-34-17-9-11-21(18-34)28(35)31-25-16-8-7-15-24(25)29(36)30-22-12-3-2-4-13-22/h5-8,10,14-16,21-22H,2-4,9,11-13,17-19H2,1H3,(H,30,36)(H,31,35). The number of hydrogen-bond donors (Lipinski definition) is 2. The van der Waals surface area contributed by atoms with Gasteiger partial charge in [0.15, 0.2) is 0 Å². The Morgan fingerprint density at radius 3 is 2.62 bits per heavy atom. The van der Waals surface area contributed by atoms with Crippen molar-refractivity contribution in [3.63, 3.8) is 0 Å². The van der Waals surface area contributed by atoms with Crippen LogP contribution in [0.1, 0.15) is 66.8 Å². The van der Waals surface area contributed by atoms with Gasteiger partial charge in [0.05, 0.1) is 23.7 Å². The number of aromatic nitrogens is 2. The largest absolute Gasteiger partial charge is 0.349 e. The van der Waals surface area contributed by atoms with Gasteiger partial charge in [0, 0.05) is 18.2 Å². The molecule has 1 aliphatic carbocycles. The van der Waals surface area contributed by atoms with Gasteiger partial charge in [0.2, 0.25) is 17.6 Å². The lowest BCUT2D eigenvalue weighted by Gasteiger charge is -2.31. The van der Waals surface area contributed by atoms with Crippen LogP contribution in [0.15, 0.2) is 53.1 Å². The Labute approximate surface area is 217 Å². The van der Waals surface area contributed by atoms with Crippen molar-refractivity contribution >= 4 is 17.5 Å². The fraction of sp³-hybridized carbons (Fsp3) is 0.448. The van der Waals surface area contributed by atoms with Gasteiger partial charge in [0.1, 0.15) is 0 Å². The van der Waals surface area contributed by atoms with Gasteiger partial charge >= 0.3 is 0 Å². The second-order valence-electron chi connectivity index (χ2n) is 10.2. The lowest BCUT2D eigenvalue weighted by atomic mass is 9.95. The summed E-state index contributed by atoms with van der Waals surface area (Å²) in [5.41, 5.74) is 3.14. The van der Waals surface area contributed by atoms with Gasteiger partial charge in [-0.3, -0.25) is 14.5 Å². The van der Waals surface area contributed by atoms with E-state index in [0.717, 1.165) is 56.2 Å². The number of para-hydroxylation sites is 1. The second kappa shape index (κ2) is 11.7. The van der Waals surface area contributed by atoms with Gasteiger partial charge in [-0.25, -0.2) is 0 Å². The van der Waals surface area contributed by atoms with Gasteiger partial charge in [0.25, 0.3) is 5.91 Å². The van der Waals surface area contributed by atoms with Crippen LogP contribution in [0.2, 0.25) is 0 Å². The zero-order valence-electron chi connectivity index (χ0n) is 21.4. The van der Waals surface area contributed by atoms with E-state index in [-0.39, 0.29) is 23.8 Å². The second-order valence-corrected chi connectivity index (χ2v) is 10.2. The topological polar surface area (TPSA) is 100 Å². The van der Waals surface area contributed by atoms with E-state index in [2.05, 4.69) is 25.7 Å². The average molecular weight is 502 g/mol. The van der Waals surface area contributed by atoms with Crippen molar-refractivity contribution in [3.05, 3.63) is 65.5 Å². The smallest absolute Gasteiger partial charge is 0.253 e. The molecule has 3 aromatic rings. The first-order chi connectivity index (χ1) is 18.1. The number of anilines is 1. The molecule has 0 bridgehead atoms. The van der Waals surface area contributed by atoms with E-state index in [4.69, 9.17) is 4.52 Å². The number of rotatable bonds is 7. The number of carbonyl (C=O) groups is 2. The fourth-order valence-electron chi connectivity index (χ4n) is 5.39. The third kappa shape index (κ3) is 6.25. The molecule has 0 radical (unpaired) electrons. The molecule has 1 saturated heterocycles. The maximum atomic E-state index is 13.2. The summed E-state index contributed by atoms with van der Waals surface area (Å²) in [6.45, 7) is 4.00. The molecule has 2 amide bonds. The monoisotopic (exact) mass is 501 g/mol. The van der Waals surface area contributed by atoms with E-state index >= 15 is 0 Å². The summed E-state index contributed by atoms with van der Waals surface area (Å²) >= 11 is 0. The number of aryl methyl sites for hydroxylation is 1. The van der Waals surface area contributed by atoms with Crippen LogP contribution in [0, 0.1) is 12.8 Å². The molecule has 1 saturated carbocycles. The molecular weight excluding hydrogens is 466 g/mol. The van der Waals surface area contributed by atoms with E-state index in [1.165, 1.54) is 6.42 Å². The van der Waals surface area contributed by atoms with E-state index in [1.807, 2.05) is 43.3 Å². The minimum Gasteiger partial charge on any atom is -0.349 e. The summed E-state index contributed by atoms with van der Waals surface area (Å²) in [5, 5.41) is 10.4. The fourth-order valence-corrected chi connectivity index (χ4v) is 5.39. The van der Waals surface area contributed by atoms with E-state index < -0.39 is 0 Å². The molecule has 2 aromatic carbocycles. The van der Waals surface area contributed by atoms with E-state index in [1.54, 1.807) is 12.1 Å². The molecule has 2 aliphatic rings. The van der Waals surface area contributed by atoms with Crippen molar-refractivity contribution < 1.29 is 14.1 Å². The van der Waals surface area contributed by atoms with Gasteiger partial charge < -0.3 is 15.2 Å². The Balaban J connectivity index is 1.19. The van der Waals surface area contributed by atoms with Gasteiger partial charge in [-0.2, -0.15) is 4.98 Å². The van der Waals surface area contributed by atoms with Crippen LogP contribution in [-0.4, -0.2) is 46.0 Å². The lowest BCUT2D eigenvalue weighted by Crippen LogP contribution is -2.40. The highest BCUT2D eigenvalue weighted by molar-refractivity contribution is 6.04. The van der Waals surface area contributed by atoms with Gasteiger partial charge in [-0.05, 0) is 56.8 Å². The molecule has 1 unspecified atom stereocenters. The Morgan fingerprint density at radius 1 is 1.00 bits per heavy atom. The predicted molar refractivity (Wildman–Crippen MR) is 142 cm³/mol. The number of amides is 2. The summed E-state index contributed by atoms with van der Waals surface area (Å²) in [6.07, 6.45) is 7.28. The van der Waals surface area contributed by atoms with Crippen LogP contribution in [0.4, 0.5) is 5.69 Å². The molecule has 2 heterocycles. The zero-order valence-corrected chi connectivity index (χ0v) is 21.4. The highest BCUT2D eigenvalue weighted by Gasteiger charge is 2.28. The summed E-state index contributed by atoms with van der Waals surface area (Å²) < 4.78 is 5.52. The highest BCUT2D eigenvalue weighted by atomic mass is 16.5. The first-order valence-electron chi connectivity index (χ1n) is 13.4. The minimum atomic E-state index is -0.179. The molecular formula is C29H35N5O3. The number of carbonyl (C=O) groups excluding carboxylic acids is 2. The minimum absolute atomic E-state index is 0.0613. The normalized spacial score (nSPS) is 18.9. The number of benzene rings is 2. The first kappa shape index (κ1) is 25.1. The van der Waals surface area contributed by atoms with E-state index in [0.29, 0.717) is 36.1 Å². The maximum absolute atomic E-state index is 13.2. The third-order valence-corrected chi connectivity index (χ3v) is 7.46. The molecule has 1 atom stereocenters. The molecule has 2 fully saturated rings.